The predicted molar refractivity (Wildman–Crippen MR) is 47.8 cm³/mol. The van der Waals surface area contributed by atoms with Crippen molar-refractivity contribution in [2.24, 2.45) is 0 Å². The minimum atomic E-state index is -0.00352. The first kappa shape index (κ1) is 7.45. The molecule has 5 heteroatoms. The van der Waals surface area contributed by atoms with Gasteiger partial charge in [-0.25, -0.2) is 9.97 Å². The number of fused-ring (bicyclic) bond motifs is 1. The Bertz CT molecular complexity index is 412. The lowest BCUT2D eigenvalue weighted by Crippen LogP contribution is -1.91. The number of nitrogen functional groups attached to an aromatic ring is 1. The highest BCUT2D eigenvalue weighted by Gasteiger charge is 2.06. The van der Waals surface area contributed by atoms with E-state index in [0.29, 0.717) is 5.82 Å². The number of nitrogens with zero attached hydrogens (tertiary/aromatic N) is 2. The fourth-order valence-corrected chi connectivity index (χ4v) is 1.95. The van der Waals surface area contributed by atoms with Gasteiger partial charge in [-0.2, -0.15) is 0 Å². The molecular weight excluding hydrogens is 174 g/mol. The van der Waals surface area contributed by atoms with E-state index < -0.39 is 0 Å². The van der Waals surface area contributed by atoms with Crippen molar-refractivity contribution in [3.8, 4) is 0 Å². The van der Waals surface area contributed by atoms with E-state index in [9.17, 15) is 0 Å². The van der Waals surface area contributed by atoms with Crippen LogP contribution in [0.4, 0.5) is 5.82 Å². The van der Waals surface area contributed by atoms with E-state index in [1.54, 1.807) is 0 Å². The Hall–Kier alpha value is -1.20. The Balaban J connectivity index is 2.80. The second-order valence-electron chi connectivity index (χ2n) is 2.36. The zero-order valence-electron chi connectivity index (χ0n) is 6.19. The molecule has 0 aliphatic heterocycles. The van der Waals surface area contributed by atoms with Gasteiger partial charge in [-0.1, -0.05) is 0 Å². The molecule has 0 aromatic carbocycles. The molecule has 0 amide bonds. The zero-order valence-corrected chi connectivity index (χ0v) is 7.01. The van der Waals surface area contributed by atoms with Crippen LogP contribution in [0.25, 0.3) is 10.2 Å². The first-order valence-corrected chi connectivity index (χ1v) is 4.28. The summed E-state index contributed by atoms with van der Waals surface area (Å²) >= 11 is 1.46. The SMILES string of the molecule is Nc1ncnc2c(CO)csc12. The molecule has 0 fully saturated rings. The van der Waals surface area contributed by atoms with Gasteiger partial charge in [0.25, 0.3) is 0 Å². The van der Waals surface area contributed by atoms with E-state index in [4.69, 9.17) is 10.8 Å². The van der Waals surface area contributed by atoms with Gasteiger partial charge in [-0.3, -0.25) is 0 Å². The summed E-state index contributed by atoms with van der Waals surface area (Å²) in [6, 6.07) is 0. The molecule has 0 atom stereocenters. The van der Waals surface area contributed by atoms with Gasteiger partial charge in [0, 0.05) is 5.56 Å². The van der Waals surface area contributed by atoms with Gasteiger partial charge in [-0.15, -0.1) is 11.3 Å². The summed E-state index contributed by atoms with van der Waals surface area (Å²) in [7, 11) is 0. The molecule has 0 saturated heterocycles. The molecule has 0 saturated carbocycles. The summed E-state index contributed by atoms with van der Waals surface area (Å²) in [6.45, 7) is -0.00352. The average Bonchev–Trinajstić information content (AvgIpc) is 2.49. The van der Waals surface area contributed by atoms with Gasteiger partial charge < -0.3 is 10.8 Å². The first-order valence-electron chi connectivity index (χ1n) is 3.40. The van der Waals surface area contributed by atoms with E-state index in [-0.39, 0.29) is 6.61 Å². The summed E-state index contributed by atoms with van der Waals surface area (Å²) in [5.41, 5.74) is 7.17. The van der Waals surface area contributed by atoms with Crippen LogP contribution in [0.1, 0.15) is 5.56 Å². The maximum atomic E-state index is 8.92. The largest absolute Gasteiger partial charge is 0.392 e. The third-order valence-electron chi connectivity index (χ3n) is 1.62. The molecule has 62 valence electrons. The van der Waals surface area contributed by atoms with Crippen molar-refractivity contribution < 1.29 is 5.11 Å². The molecule has 0 aliphatic carbocycles. The molecule has 12 heavy (non-hydrogen) atoms. The molecule has 3 N–H and O–H groups in total. The Morgan fingerprint density at radius 3 is 3.08 bits per heavy atom. The van der Waals surface area contributed by atoms with Crippen molar-refractivity contribution >= 4 is 27.4 Å². The number of anilines is 1. The minimum Gasteiger partial charge on any atom is -0.392 e. The minimum absolute atomic E-state index is 0.00352. The Morgan fingerprint density at radius 2 is 2.33 bits per heavy atom. The molecule has 0 spiro atoms. The third-order valence-corrected chi connectivity index (χ3v) is 2.67. The molecule has 2 heterocycles. The van der Waals surface area contributed by atoms with Crippen LogP contribution in [0.15, 0.2) is 11.7 Å². The summed E-state index contributed by atoms with van der Waals surface area (Å²) < 4.78 is 0.849. The number of aliphatic hydroxyl groups excluding tert-OH is 1. The average molecular weight is 181 g/mol. The molecule has 0 aliphatic rings. The Labute approximate surface area is 72.7 Å². The summed E-state index contributed by atoms with van der Waals surface area (Å²) in [4.78, 5) is 7.88. The summed E-state index contributed by atoms with van der Waals surface area (Å²) in [5, 5.41) is 10.8. The number of thiophene rings is 1. The lowest BCUT2D eigenvalue weighted by atomic mass is 10.3. The number of hydrogen-bond donors (Lipinski definition) is 2. The molecular formula is C7H7N3OS. The van der Waals surface area contributed by atoms with E-state index in [1.807, 2.05) is 5.38 Å². The Morgan fingerprint density at radius 1 is 1.50 bits per heavy atom. The highest BCUT2D eigenvalue weighted by Crippen LogP contribution is 2.26. The lowest BCUT2D eigenvalue weighted by Gasteiger charge is -1.93. The normalized spacial score (nSPS) is 10.8. The van der Waals surface area contributed by atoms with E-state index >= 15 is 0 Å². The van der Waals surface area contributed by atoms with E-state index in [0.717, 1.165) is 15.8 Å². The van der Waals surface area contributed by atoms with Crippen LogP contribution < -0.4 is 5.73 Å². The van der Waals surface area contributed by atoms with E-state index in [2.05, 4.69) is 9.97 Å². The number of aromatic nitrogens is 2. The van der Waals surface area contributed by atoms with Crippen molar-refractivity contribution in [3.63, 3.8) is 0 Å². The quantitative estimate of drug-likeness (QED) is 0.681. The molecule has 2 aromatic heterocycles. The number of aliphatic hydroxyl groups is 1. The highest BCUT2D eigenvalue weighted by atomic mass is 32.1. The first-order chi connectivity index (χ1) is 5.83. The second-order valence-corrected chi connectivity index (χ2v) is 3.24. The van der Waals surface area contributed by atoms with Crippen LogP contribution in [-0.4, -0.2) is 15.1 Å². The fraction of sp³-hybridized carbons (Fsp3) is 0.143. The maximum Gasteiger partial charge on any atom is 0.144 e. The second kappa shape index (κ2) is 2.69. The smallest absolute Gasteiger partial charge is 0.144 e. The van der Waals surface area contributed by atoms with Crippen LogP contribution in [0, 0.1) is 0 Å². The molecule has 2 aromatic rings. The van der Waals surface area contributed by atoms with Crippen LogP contribution >= 0.6 is 11.3 Å². The van der Waals surface area contributed by atoms with Gasteiger partial charge in [0.1, 0.15) is 12.1 Å². The molecule has 0 unspecified atom stereocenters. The molecule has 2 rings (SSSR count). The third kappa shape index (κ3) is 0.945. The summed E-state index contributed by atoms with van der Waals surface area (Å²) in [5.74, 6) is 0.477. The topological polar surface area (TPSA) is 72.0 Å². The predicted octanol–water partition coefficient (Wildman–Crippen LogP) is 0.766. The number of nitrogens with two attached hydrogens (primary N) is 1. The van der Waals surface area contributed by atoms with Crippen LogP contribution in [-0.2, 0) is 6.61 Å². The van der Waals surface area contributed by atoms with Crippen molar-refractivity contribution in [1.29, 1.82) is 0 Å². The van der Waals surface area contributed by atoms with Gasteiger partial charge in [0.15, 0.2) is 0 Å². The van der Waals surface area contributed by atoms with Crippen LogP contribution in [0.3, 0.4) is 0 Å². The standard InChI is InChI=1S/C7H7N3OS/c8-7-6-5(9-3-10-7)4(1-11)2-12-6/h2-3,11H,1H2,(H2,8,9,10). The fourth-order valence-electron chi connectivity index (χ4n) is 1.03. The van der Waals surface area contributed by atoms with Crippen molar-refractivity contribution in [2.75, 3.05) is 5.73 Å². The highest BCUT2D eigenvalue weighted by molar-refractivity contribution is 7.17. The van der Waals surface area contributed by atoms with Crippen molar-refractivity contribution in [1.82, 2.24) is 9.97 Å². The number of hydrogen-bond acceptors (Lipinski definition) is 5. The molecule has 0 radical (unpaired) electrons. The van der Waals surface area contributed by atoms with Crippen LogP contribution in [0.2, 0.25) is 0 Å². The lowest BCUT2D eigenvalue weighted by molar-refractivity contribution is 0.283. The monoisotopic (exact) mass is 181 g/mol. The summed E-state index contributed by atoms with van der Waals surface area (Å²) in [6.07, 6.45) is 1.41. The van der Waals surface area contributed by atoms with Gasteiger partial charge in [-0.05, 0) is 5.38 Å². The van der Waals surface area contributed by atoms with E-state index in [1.165, 1.54) is 17.7 Å². The van der Waals surface area contributed by atoms with Gasteiger partial charge >= 0.3 is 0 Å². The van der Waals surface area contributed by atoms with Crippen molar-refractivity contribution in [2.45, 2.75) is 6.61 Å². The number of rotatable bonds is 1. The van der Waals surface area contributed by atoms with Crippen molar-refractivity contribution in [3.05, 3.63) is 17.3 Å². The van der Waals surface area contributed by atoms with Gasteiger partial charge in [0.2, 0.25) is 0 Å². The van der Waals surface area contributed by atoms with Crippen LogP contribution in [0.5, 0.6) is 0 Å². The Kier molecular flexibility index (Phi) is 1.67. The maximum absolute atomic E-state index is 8.92. The zero-order chi connectivity index (χ0) is 8.55. The van der Waals surface area contributed by atoms with Gasteiger partial charge in [0.05, 0.1) is 16.8 Å². The molecule has 0 bridgehead atoms. The molecule has 4 nitrogen and oxygen atoms in total.